The Hall–Kier alpha value is -2.82. The van der Waals surface area contributed by atoms with E-state index in [1.54, 1.807) is 11.5 Å². The Bertz CT molecular complexity index is 796. The number of benzene rings is 2. The van der Waals surface area contributed by atoms with Gasteiger partial charge in [0.15, 0.2) is 0 Å². The van der Waals surface area contributed by atoms with Crippen molar-refractivity contribution in [3.8, 4) is 5.75 Å². The van der Waals surface area contributed by atoms with Crippen molar-refractivity contribution >= 4 is 17.0 Å². The first-order valence-corrected chi connectivity index (χ1v) is 7.03. The Kier molecular flexibility index (Phi) is 3.78. The van der Waals surface area contributed by atoms with Crippen molar-refractivity contribution < 1.29 is 14.6 Å². The van der Waals surface area contributed by atoms with Gasteiger partial charge in [-0.15, -0.1) is 0 Å². The van der Waals surface area contributed by atoms with Gasteiger partial charge in [-0.25, -0.2) is 9.78 Å². The first-order valence-electron chi connectivity index (χ1n) is 7.03. The zero-order valence-corrected chi connectivity index (χ0v) is 12.1. The number of para-hydroxylation sites is 3. The molecule has 0 spiro atoms. The number of fused-ring (bicyclic) bond motifs is 1. The quantitative estimate of drug-likeness (QED) is 0.785. The molecule has 0 amide bonds. The van der Waals surface area contributed by atoms with Gasteiger partial charge in [0, 0.05) is 0 Å². The van der Waals surface area contributed by atoms with Crippen LogP contribution in [0.5, 0.6) is 5.75 Å². The molecule has 1 aromatic heterocycles. The molecular formula is C17H16N2O3. The van der Waals surface area contributed by atoms with Gasteiger partial charge in [0.25, 0.3) is 0 Å². The van der Waals surface area contributed by atoms with E-state index in [-0.39, 0.29) is 6.61 Å². The normalized spacial score (nSPS) is 12.2. The molecule has 2 aromatic carbocycles. The number of hydrogen-bond donors (Lipinski definition) is 1. The van der Waals surface area contributed by atoms with Crippen LogP contribution in [0.3, 0.4) is 0 Å². The van der Waals surface area contributed by atoms with Crippen molar-refractivity contribution in [2.24, 2.45) is 0 Å². The Morgan fingerprint density at radius 2 is 1.86 bits per heavy atom. The molecule has 0 saturated carbocycles. The van der Waals surface area contributed by atoms with Gasteiger partial charge in [-0.05, 0) is 31.2 Å². The lowest BCUT2D eigenvalue weighted by atomic mass is 10.3. The van der Waals surface area contributed by atoms with Crippen molar-refractivity contribution in [3.63, 3.8) is 0 Å². The van der Waals surface area contributed by atoms with Crippen LogP contribution >= 0.6 is 0 Å². The van der Waals surface area contributed by atoms with E-state index in [1.807, 2.05) is 54.6 Å². The smallest absolute Gasteiger partial charge is 0.326 e. The molecule has 1 unspecified atom stereocenters. The number of carbonyl (C=O) groups is 1. The van der Waals surface area contributed by atoms with E-state index >= 15 is 0 Å². The SMILES string of the molecule is CC(C(=O)O)n1c(COc2ccccc2)nc2ccccc21. The molecular weight excluding hydrogens is 280 g/mol. The summed E-state index contributed by atoms with van der Waals surface area (Å²) in [6, 6.07) is 16.2. The van der Waals surface area contributed by atoms with Crippen LogP contribution in [0.1, 0.15) is 18.8 Å². The highest BCUT2D eigenvalue weighted by atomic mass is 16.5. The van der Waals surface area contributed by atoms with Crippen LogP contribution in [0.25, 0.3) is 11.0 Å². The second kappa shape index (κ2) is 5.89. The number of hydrogen-bond acceptors (Lipinski definition) is 3. The van der Waals surface area contributed by atoms with E-state index in [4.69, 9.17) is 4.74 Å². The zero-order chi connectivity index (χ0) is 15.5. The molecule has 0 saturated heterocycles. The summed E-state index contributed by atoms with van der Waals surface area (Å²) in [6.45, 7) is 1.86. The van der Waals surface area contributed by atoms with Crippen LogP contribution in [-0.2, 0) is 11.4 Å². The monoisotopic (exact) mass is 296 g/mol. The molecule has 22 heavy (non-hydrogen) atoms. The molecule has 0 aliphatic heterocycles. The van der Waals surface area contributed by atoms with Crippen molar-refractivity contribution in [3.05, 3.63) is 60.4 Å². The van der Waals surface area contributed by atoms with E-state index in [0.717, 1.165) is 16.8 Å². The molecule has 0 aliphatic rings. The average molecular weight is 296 g/mol. The van der Waals surface area contributed by atoms with Gasteiger partial charge in [0.2, 0.25) is 0 Å². The van der Waals surface area contributed by atoms with Gasteiger partial charge < -0.3 is 14.4 Å². The van der Waals surface area contributed by atoms with Gasteiger partial charge in [-0.3, -0.25) is 0 Å². The molecule has 5 nitrogen and oxygen atoms in total. The molecule has 0 fully saturated rings. The Morgan fingerprint density at radius 1 is 1.18 bits per heavy atom. The van der Waals surface area contributed by atoms with Crippen LogP contribution in [-0.4, -0.2) is 20.6 Å². The molecule has 1 heterocycles. The number of aromatic nitrogens is 2. The fourth-order valence-corrected chi connectivity index (χ4v) is 2.40. The predicted octanol–water partition coefficient (Wildman–Crippen LogP) is 3.26. The number of carboxylic acid groups (broad SMARTS) is 1. The largest absolute Gasteiger partial charge is 0.486 e. The lowest BCUT2D eigenvalue weighted by Crippen LogP contribution is -2.19. The third-order valence-electron chi connectivity index (χ3n) is 3.52. The highest BCUT2D eigenvalue weighted by Gasteiger charge is 2.20. The fraction of sp³-hybridized carbons (Fsp3) is 0.176. The van der Waals surface area contributed by atoms with Crippen molar-refractivity contribution in [2.45, 2.75) is 19.6 Å². The lowest BCUT2D eigenvalue weighted by molar-refractivity contribution is -0.140. The zero-order valence-electron chi connectivity index (χ0n) is 12.1. The minimum atomic E-state index is -0.899. The van der Waals surface area contributed by atoms with Gasteiger partial charge in [0.05, 0.1) is 11.0 Å². The van der Waals surface area contributed by atoms with Crippen LogP contribution < -0.4 is 4.74 Å². The highest BCUT2D eigenvalue weighted by Crippen LogP contribution is 2.22. The van der Waals surface area contributed by atoms with Gasteiger partial charge in [-0.2, -0.15) is 0 Å². The molecule has 1 N–H and O–H groups in total. The molecule has 112 valence electrons. The fourth-order valence-electron chi connectivity index (χ4n) is 2.40. The summed E-state index contributed by atoms with van der Waals surface area (Å²) in [5.41, 5.74) is 1.56. The highest BCUT2D eigenvalue weighted by molar-refractivity contribution is 5.80. The van der Waals surface area contributed by atoms with Crippen molar-refractivity contribution in [1.82, 2.24) is 9.55 Å². The molecule has 0 aliphatic carbocycles. The standard InChI is InChI=1S/C17H16N2O3/c1-12(17(20)21)19-15-10-6-5-9-14(15)18-16(19)11-22-13-7-3-2-4-8-13/h2-10,12H,11H2,1H3,(H,20,21). The van der Waals surface area contributed by atoms with E-state index in [0.29, 0.717) is 5.82 Å². The second-order valence-electron chi connectivity index (χ2n) is 5.00. The summed E-state index contributed by atoms with van der Waals surface area (Å²) >= 11 is 0. The summed E-state index contributed by atoms with van der Waals surface area (Å²) in [5, 5.41) is 9.33. The summed E-state index contributed by atoms with van der Waals surface area (Å²) < 4.78 is 7.42. The van der Waals surface area contributed by atoms with E-state index in [9.17, 15) is 9.90 Å². The Labute approximate surface area is 127 Å². The Balaban J connectivity index is 1.97. The molecule has 1 atom stereocenters. The van der Waals surface area contributed by atoms with Crippen LogP contribution in [0, 0.1) is 0 Å². The first kappa shape index (κ1) is 14.1. The molecule has 3 rings (SSSR count). The molecule has 0 bridgehead atoms. The maximum absolute atomic E-state index is 11.4. The van der Waals surface area contributed by atoms with E-state index in [2.05, 4.69) is 4.98 Å². The minimum absolute atomic E-state index is 0.219. The maximum Gasteiger partial charge on any atom is 0.326 e. The predicted molar refractivity (Wildman–Crippen MR) is 82.9 cm³/mol. The van der Waals surface area contributed by atoms with Crippen LogP contribution in [0.15, 0.2) is 54.6 Å². The van der Waals surface area contributed by atoms with Crippen molar-refractivity contribution in [2.75, 3.05) is 0 Å². The third kappa shape index (κ3) is 2.65. The number of nitrogens with zero attached hydrogens (tertiary/aromatic N) is 2. The molecule has 5 heteroatoms. The van der Waals surface area contributed by atoms with Crippen LogP contribution in [0.2, 0.25) is 0 Å². The van der Waals surface area contributed by atoms with Crippen molar-refractivity contribution in [1.29, 1.82) is 0 Å². The number of carboxylic acids is 1. The number of ether oxygens (including phenoxy) is 1. The number of rotatable bonds is 5. The number of imidazole rings is 1. The average Bonchev–Trinajstić information content (AvgIpc) is 2.91. The van der Waals surface area contributed by atoms with Gasteiger partial charge in [0.1, 0.15) is 24.2 Å². The first-order chi connectivity index (χ1) is 10.7. The van der Waals surface area contributed by atoms with E-state index in [1.165, 1.54) is 0 Å². The lowest BCUT2D eigenvalue weighted by Gasteiger charge is -2.14. The summed E-state index contributed by atoms with van der Waals surface area (Å²) in [6.07, 6.45) is 0. The second-order valence-corrected chi connectivity index (χ2v) is 5.00. The van der Waals surface area contributed by atoms with Gasteiger partial charge in [-0.1, -0.05) is 30.3 Å². The third-order valence-corrected chi connectivity index (χ3v) is 3.52. The summed E-state index contributed by atoms with van der Waals surface area (Å²) in [4.78, 5) is 15.9. The maximum atomic E-state index is 11.4. The topological polar surface area (TPSA) is 64.3 Å². The molecule has 0 radical (unpaired) electrons. The minimum Gasteiger partial charge on any atom is -0.486 e. The van der Waals surface area contributed by atoms with E-state index < -0.39 is 12.0 Å². The van der Waals surface area contributed by atoms with Gasteiger partial charge >= 0.3 is 5.97 Å². The molecule has 3 aromatic rings. The summed E-state index contributed by atoms with van der Waals surface area (Å²) in [7, 11) is 0. The Morgan fingerprint density at radius 3 is 2.59 bits per heavy atom. The van der Waals surface area contributed by atoms with Crippen LogP contribution in [0.4, 0.5) is 0 Å². The number of aliphatic carboxylic acids is 1. The summed E-state index contributed by atoms with van der Waals surface area (Å²) in [5.74, 6) is 0.424.